The monoisotopic (exact) mass is 169 g/mol. The molecule has 0 fully saturated rings. The fraction of sp³-hybridized carbons (Fsp3) is 0.250. The molecule has 4 heteroatoms. The lowest BCUT2D eigenvalue weighted by molar-refractivity contribution is 1.41. The molecular weight excluding hydrogens is 168 g/mol. The van der Waals surface area contributed by atoms with Crippen molar-refractivity contribution in [1.82, 2.24) is 0 Å². The Morgan fingerprint density at radius 3 is 2.12 bits per heavy atom. The summed E-state index contributed by atoms with van der Waals surface area (Å²) in [6.07, 6.45) is 0. The van der Waals surface area contributed by atoms with Crippen molar-refractivity contribution in [3.63, 3.8) is 0 Å². The summed E-state index contributed by atoms with van der Waals surface area (Å²) in [7, 11) is 0. The zero-order valence-corrected chi connectivity index (χ0v) is 6.00. The minimum Gasteiger partial charge on any atom is -0.193 e. The molecule has 0 atom stereocenters. The van der Waals surface area contributed by atoms with Gasteiger partial charge >= 0.3 is 0 Å². The van der Waals surface area contributed by atoms with Gasteiger partial charge in [0.15, 0.2) is 0 Å². The van der Waals surface area contributed by atoms with Gasteiger partial charge in [-0.05, 0) is 0 Å². The van der Waals surface area contributed by atoms with Crippen LogP contribution in [0.2, 0.25) is 0 Å². The quantitative estimate of drug-likeness (QED) is 0.438. The van der Waals surface area contributed by atoms with Crippen molar-refractivity contribution in [2.45, 2.75) is 4.84 Å². The second-order valence-corrected chi connectivity index (χ2v) is 2.29. The van der Waals surface area contributed by atoms with Crippen LogP contribution in [0, 0.1) is 11.3 Å². The zero-order valence-electron chi connectivity index (χ0n) is 3.74. The lowest BCUT2D eigenvalue weighted by atomic mass is 10.4. The van der Waals surface area contributed by atoms with Crippen molar-refractivity contribution in [3.05, 3.63) is 11.1 Å². The van der Waals surface area contributed by atoms with E-state index in [-0.39, 0.29) is 5.57 Å². The van der Waals surface area contributed by atoms with Gasteiger partial charge in [-0.25, -0.2) is 0 Å². The molecule has 1 nitrogen and oxygen atoms in total. The van der Waals surface area contributed by atoms with Crippen LogP contribution >= 0.6 is 34.8 Å². The molecule has 0 aliphatic heterocycles. The first-order chi connectivity index (χ1) is 3.72. The number of hydrogen-bond donors (Lipinski definition) is 0. The van der Waals surface area contributed by atoms with E-state index >= 15 is 0 Å². The second-order valence-electron chi connectivity index (χ2n) is 0.977. The average Bonchev–Trinajstić information content (AvgIpc) is 1.69. The van der Waals surface area contributed by atoms with E-state index in [0.29, 0.717) is 0 Å². The molecule has 0 unspecified atom stereocenters. The SMILES string of the molecule is N#CC(=CCl)C(Cl)Cl. The van der Waals surface area contributed by atoms with Crippen LogP contribution in [0.5, 0.6) is 0 Å². The molecule has 0 bridgehead atoms. The lowest BCUT2D eigenvalue weighted by Gasteiger charge is -1.90. The molecule has 0 spiro atoms. The van der Waals surface area contributed by atoms with Crippen LogP contribution in [-0.2, 0) is 0 Å². The van der Waals surface area contributed by atoms with Crippen LogP contribution in [0.15, 0.2) is 11.1 Å². The van der Waals surface area contributed by atoms with Gasteiger partial charge in [-0.15, -0.1) is 0 Å². The van der Waals surface area contributed by atoms with Crippen molar-refractivity contribution in [3.8, 4) is 6.07 Å². The third-order valence-corrected chi connectivity index (χ3v) is 1.19. The van der Waals surface area contributed by atoms with Gasteiger partial charge in [0.2, 0.25) is 0 Å². The Morgan fingerprint density at radius 1 is 1.62 bits per heavy atom. The van der Waals surface area contributed by atoms with Crippen LogP contribution in [0.3, 0.4) is 0 Å². The van der Waals surface area contributed by atoms with Crippen molar-refractivity contribution in [2.24, 2.45) is 0 Å². The van der Waals surface area contributed by atoms with Crippen molar-refractivity contribution >= 4 is 34.8 Å². The summed E-state index contributed by atoms with van der Waals surface area (Å²) in [5, 5.41) is 8.12. The van der Waals surface area contributed by atoms with E-state index in [1.165, 1.54) is 0 Å². The van der Waals surface area contributed by atoms with Crippen LogP contribution in [0.25, 0.3) is 0 Å². The normalized spacial score (nSPS) is 11.6. The highest BCUT2D eigenvalue weighted by Crippen LogP contribution is 2.13. The van der Waals surface area contributed by atoms with Crippen LogP contribution in [0.4, 0.5) is 0 Å². The van der Waals surface area contributed by atoms with Crippen molar-refractivity contribution in [1.29, 1.82) is 5.26 Å². The number of rotatable bonds is 1. The Kier molecular flexibility index (Phi) is 4.08. The summed E-state index contributed by atoms with van der Waals surface area (Å²) in [6, 6.07) is 1.72. The average molecular weight is 170 g/mol. The second kappa shape index (κ2) is 4.03. The third kappa shape index (κ3) is 2.42. The molecule has 0 aliphatic rings. The highest BCUT2D eigenvalue weighted by molar-refractivity contribution is 6.47. The van der Waals surface area contributed by atoms with E-state index in [1.807, 2.05) is 0 Å². The largest absolute Gasteiger partial charge is 0.193 e. The molecule has 0 radical (unpaired) electrons. The maximum atomic E-state index is 8.12. The van der Waals surface area contributed by atoms with Crippen LogP contribution < -0.4 is 0 Å². The number of allylic oxidation sites excluding steroid dienone is 1. The Labute approximate surface area is 62.4 Å². The molecule has 0 heterocycles. The Bertz CT molecular complexity index is 133. The van der Waals surface area contributed by atoms with E-state index in [2.05, 4.69) is 0 Å². The first-order valence-corrected chi connectivity index (χ1v) is 3.01. The standard InChI is InChI=1S/C4H2Cl3N/c5-1-3(2-8)4(6)7/h1,4H. The number of hydrogen-bond acceptors (Lipinski definition) is 1. The fourth-order valence-electron chi connectivity index (χ4n) is 0.121. The smallest absolute Gasteiger partial charge is 0.143 e. The maximum absolute atomic E-state index is 8.12. The first-order valence-electron chi connectivity index (χ1n) is 1.71. The topological polar surface area (TPSA) is 23.8 Å². The summed E-state index contributed by atoms with van der Waals surface area (Å²) in [5.74, 6) is 0. The molecule has 0 aliphatic carbocycles. The number of nitriles is 1. The number of alkyl halides is 2. The molecule has 8 heavy (non-hydrogen) atoms. The summed E-state index contributed by atoms with van der Waals surface area (Å²) in [6.45, 7) is 0. The molecule has 0 aromatic carbocycles. The summed E-state index contributed by atoms with van der Waals surface area (Å²) < 4.78 is 0. The molecular formula is C4H2Cl3N. The van der Waals surface area contributed by atoms with Gasteiger partial charge in [-0.1, -0.05) is 34.8 Å². The van der Waals surface area contributed by atoms with Gasteiger partial charge in [0.1, 0.15) is 4.84 Å². The van der Waals surface area contributed by atoms with Gasteiger partial charge in [-0.3, -0.25) is 0 Å². The van der Waals surface area contributed by atoms with Gasteiger partial charge in [-0.2, -0.15) is 5.26 Å². The summed E-state index contributed by atoms with van der Waals surface area (Å²) >= 11 is 15.6. The molecule has 44 valence electrons. The van der Waals surface area contributed by atoms with Gasteiger partial charge in [0.05, 0.1) is 11.6 Å². The number of nitrogens with zero attached hydrogens (tertiary/aromatic N) is 1. The van der Waals surface area contributed by atoms with E-state index in [0.717, 1.165) is 5.54 Å². The predicted molar refractivity (Wildman–Crippen MR) is 35.0 cm³/mol. The van der Waals surface area contributed by atoms with E-state index in [9.17, 15) is 0 Å². The summed E-state index contributed by atoms with van der Waals surface area (Å²) in [5.41, 5.74) is 1.22. The third-order valence-electron chi connectivity index (χ3n) is 0.482. The zero-order chi connectivity index (χ0) is 6.57. The first kappa shape index (κ1) is 8.10. The van der Waals surface area contributed by atoms with Crippen molar-refractivity contribution in [2.75, 3.05) is 0 Å². The van der Waals surface area contributed by atoms with Crippen LogP contribution in [0.1, 0.15) is 0 Å². The predicted octanol–water partition coefficient (Wildman–Crippen LogP) is 2.44. The minimum absolute atomic E-state index is 0.162. The molecule has 0 saturated heterocycles. The molecule has 0 N–H and O–H groups in total. The van der Waals surface area contributed by atoms with Gasteiger partial charge in [0.25, 0.3) is 0 Å². The molecule has 0 saturated carbocycles. The Balaban J connectivity index is 3.98. The fourth-order valence-corrected chi connectivity index (χ4v) is 0.648. The van der Waals surface area contributed by atoms with E-state index in [4.69, 9.17) is 40.1 Å². The molecule has 0 aromatic heterocycles. The Morgan fingerprint density at radius 2 is 2.12 bits per heavy atom. The molecule has 0 rings (SSSR count). The highest BCUT2D eigenvalue weighted by Gasteiger charge is 2.03. The van der Waals surface area contributed by atoms with Gasteiger partial charge in [0, 0.05) is 5.54 Å². The summed E-state index contributed by atoms with van der Waals surface area (Å²) in [4.78, 5) is -0.808. The number of halogens is 3. The molecule has 0 aromatic rings. The minimum atomic E-state index is -0.808. The van der Waals surface area contributed by atoms with E-state index < -0.39 is 4.84 Å². The van der Waals surface area contributed by atoms with Crippen LogP contribution in [-0.4, -0.2) is 4.84 Å². The highest BCUT2D eigenvalue weighted by atomic mass is 35.5. The van der Waals surface area contributed by atoms with E-state index in [1.54, 1.807) is 6.07 Å². The van der Waals surface area contributed by atoms with Crippen molar-refractivity contribution < 1.29 is 0 Å². The molecule has 0 amide bonds. The maximum Gasteiger partial charge on any atom is 0.143 e. The Hall–Kier alpha value is 0.1000. The van der Waals surface area contributed by atoms with Gasteiger partial charge < -0.3 is 0 Å². The lowest BCUT2D eigenvalue weighted by Crippen LogP contribution is -1.87.